The highest BCUT2D eigenvalue weighted by atomic mass is 28.1. The van der Waals surface area contributed by atoms with E-state index in [1.807, 2.05) is 0 Å². The predicted octanol–water partition coefficient (Wildman–Crippen LogP) is -0.772. The third-order valence-corrected chi connectivity index (χ3v) is 3.76. The molecule has 0 aliphatic rings. The maximum Gasteiger partial charge on any atom is 0.431 e. The molecule has 0 spiro atoms. The number of nitrogens with zero attached hydrogens (tertiary/aromatic N) is 1. The maximum absolute atomic E-state index is 10.5. The molecule has 84 valence electrons. The van der Waals surface area contributed by atoms with Crippen LogP contribution in [0, 0.1) is 0 Å². The molecule has 0 saturated heterocycles. The quantitative estimate of drug-likeness (QED) is 0.376. The zero-order valence-electron chi connectivity index (χ0n) is 9.10. The zero-order chi connectivity index (χ0) is 11.4. The monoisotopic (exact) mass is 223 g/mol. The minimum Gasteiger partial charge on any atom is -0.463 e. The normalized spacial score (nSPS) is 14.0. The summed E-state index contributed by atoms with van der Waals surface area (Å²) in [6.45, 7) is 1.69. The van der Waals surface area contributed by atoms with E-state index >= 15 is 0 Å². The molecule has 1 atom stereocenters. The number of hydroxylamine groups is 2. The van der Waals surface area contributed by atoms with Crippen LogP contribution in [-0.2, 0) is 14.3 Å². The Labute approximate surface area is 86.1 Å². The van der Waals surface area contributed by atoms with Crippen LogP contribution in [0.5, 0.6) is 0 Å². The van der Waals surface area contributed by atoms with Crippen LogP contribution in [0.15, 0.2) is 0 Å². The predicted molar refractivity (Wildman–Crippen MR) is 53.0 cm³/mol. The molecule has 14 heavy (non-hydrogen) atoms. The average Bonchev–Trinajstić information content (AvgIpc) is 2.16. The van der Waals surface area contributed by atoms with Gasteiger partial charge < -0.3 is 14.6 Å². The van der Waals surface area contributed by atoms with Crippen molar-refractivity contribution in [2.24, 2.45) is 0 Å². The first-order valence-corrected chi connectivity index (χ1v) is 5.11. The number of carboxylic acid groups (broad SMARTS) is 1. The standard InChI is InChI=1S/C7H17NO5Si/c1-5(7(14,11-3)12-4)13-8(2)6(9)10/h5H,1-4,14H3,(H,9,10). The van der Waals surface area contributed by atoms with Crippen LogP contribution < -0.4 is 0 Å². The van der Waals surface area contributed by atoms with Crippen molar-refractivity contribution in [2.45, 2.75) is 18.4 Å². The Morgan fingerprint density at radius 2 is 1.93 bits per heavy atom. The summed E-state index contributed by atoms with van der Waals surface area (Å²) in [6.07, 6.45) is -1.64. The summed E-state index contributed by atoms with van der Waals surface area (Å²) in [7, 11) is 4.87. The van der Waals surface area contributed by atoms with Gasteiger partial charge in [-0.2, -0.15) is 5.06 Å². The highest BCUT2D eigenvalue weighted by Crippen LogP contribution is 2.15. The molecule has 1 N–H and O–H groups in total. The van der Waals surface area contributed by atoms with E-state index in [-0.39, 0.29) is 0 Å². The number of hydrogen-bond acceptors (Lipinski definition) is 4. The molecule has 0 aromatic heterocycles. The molecule has 0 saturated carbocycles. The molecule has 0 fully saturated rings. The van der Waals surface area contributed by atoms with Gasteiger partial charge in [-0.3, -0.25) is 4.84 Å². The van der Waals surface area contributed by atoms with E-state index in [0.717, 1.165) is 5.06 Å². The average molecular weight is 223 g/mol. The van der Waals surface area contributed by atoms with Gasteiger partial charge in [0.15, 0.2) is 5.41 Å². The third-order valence-electron chi connectivity index (χ3n) is 2.13. The van der Waals surface area contributed by atoms with E-state index in [2.05, 4.69) is 0 Å². The lowest BCUT2D eigenvalue weighted by Crippen LogP contribution is -2.49. The lowest BCUT2D eigenvalue weighted by atomic mass is 10.4. The fraction of sp³-hybridized carbons (Fsp3) is 0.857. The Bertz CT molecular complexity index is 197. The minimum absolute atomic E-state index is 0.481. The molecular formula is C7H17NO5Si. The summed E-state index contributed by atoms with van der Waals surface area (Å²) in [5.74, 6) is 0. The second kappa shape index (κ2) is 5.30. The molecule has 0 aromatic rings. The van der Waals surface area contributed by atoms with Gasteiger partial charge in [0.1, 0.15) is 6.10 Å². The molecule has 0 heterocycles. The van der Waals surface area contributed by atoms with E-state index in [1.54, 1.807) is 6.92 Å². The number of hydrogen-bond donors (Lipinski definition) is 1. The molecule has 0 aromatic carbocycles. The van der Waals surface area contributed by atoms with Gasteiger partial charge in [0.05, 0.1) is 10.2 Å². The van der Waals surface area contributed by atoms with Crippen LogP contribution in [0.25, 0.3) is 0 Å². The first kappa shape index (κ1) is 13.4. The summed E-state index contributed by atoms with van der Waals surface area (Å²) < 4.78 is 10.2. The Hall–Kier alpha value is -0.633. The van der Waals surface area contributed by atoms with E-state index in [4.69, 9.17) is 19.4 Å². The van der Waals surface area contributed by atoms with Gasteiger partial charge in [-0.05, 0) is 6.92 Å². The first-order chi connectivity index (χ1) is 6.37. The van der Waals surface area contributed by atoms with Crippen LogP contribution in [0.2, 0.25) is 0 Å². The largest absolute Gasteiger partial charge is 0.463 e. The third kappa shape index (κ3) is 3.26. The maximum atomic E-state index is 10.5. The number of methoxy groups -OCH3 is 2. The molecule has 0 aliphatic carbocycles. The lowest BCUT2D eigenvalue weighted by molar-refractivity contribution is -0.263. The molecule has 6 nitrogen and oxygen atoms in total. The van der Waals surface area contributed by atoms with Crippen LogP contribution in [-0.4, -0.2) is 59.3 Å². The van der Waals surface area contributed by atoms with Crippen LogP contribution in [0.4, 0.5) is 4.79 Å². The smallest absolute Gasteiger partial charge is 0.431 e. The highest BCUT2D eigenvalue weighted by Gasteiger charge is 2.33. The molecule has 0 aliphatic heterocycles. The van der Waals surface area contributed by atoms with Gasteiger partial charge in [-0.25, -0.2) is 4.79 Å². The second-order valence-electron chi connectivity index (χ2n) is 2.95. The molecule has 0 radical (unpaired) electrons. The van der Waals surface area contributed by atoms with E-state index < -0.39 is 17.6 Å². The summed E-state index contributed by atoms with van der Waals surface area (Å²) in [5.41, 5.74) is -0.830. The fourth-order valence-corrected chi connectivity index (χ4v) is 0.899. The molecule has 1 amide bonds. The minimum atomic E-state index is -1.16. The van der Waals surface area contributed by atoms with Gasteiger partial charge in [0, 0.05) is 21.3 Å². The van der Waals surface area contributed by atoms with E-state index in [0.29, 0.717) is 10.2 Å². The summed E-state index contributed by atoms with van der Waals surface area (Å²) in [4.78, 5) is 15.5. The Balaban J connectivity index is 4.31. The van der Waals surface area contributed by atoms with Crippen molar-refractivity contribution in [2.75, 3.05) is 21.3 Å². The molecular weight excluding hydrogens is 206 g/mol. The molecule has 0 rings (SSSR count). The zero-order valence-corrected chi connectivity index (χ0v) is 11.1. The van der Waals surface area contributed by atoms with Crippen molar-refractivity contribution in [3.8, 4) is 0 Å². The van der Waals surface area contributed by atoms with Crippen molar-refractivity contribution in [1.29, 1.82) is 0 Å². The van der Waals surface area contributed by atoms with Gasteiger partial charge in [-0.1, -0.05) is 0 Å². The summed E-state index contributed by atoms with van der Waals surface area (Å²) >= 11 is 0. The number of amides is 1. The molecule has 7 heteroatoms. The Morgan fingerprint density at radius 1 is 1.50 bits per heavy atom. The Kier molecular flexibility index (Phi) is 5.06. The lowest BCUT2D eigenvalue weighted by Gasteiger charge is -2.33. The van der Waals surface area contributed by atoms with Crippen molar-refractivity contribution in [1.82, 2.24) is 5.06 Å². The summed E-state index contributed by atoms with van der Waals surface area (Å²) in [5, 5.41) is 9.30. The van der Waals surface area contributed by atoms with E-state index in [9.17, 15) is 4.79 Å². The summed E-state index contributed by atoms with van der Waals surface area (Å²) in [6, 6.07) is 0. The van der Waals surface area contributed by atoms with Crippen molar-refractivity contribution < 1.29 is 24.2 Å². The molecule has 0 bridgehead atoms. The van der Waals surface area contributed by atoms with Gasteiger partial charge in [-0.15, -0.1) is 0 Å². The fourth-order valence-electron chi connectivity index (χ4n) is 0.793. The van der Waals surface area contributed by atoms with Crippen LogP contribution in [0.1, 0.15) is 6.92 Å². The van der Waals surface area contributed by atoms with E-state index in [1.165, 1.54) is 21.3 Å². The van der Waals surface area contributed by atoms with Crippen LogP contribution in [0.3, 0.4) is 0 Å². The van der Waals surface area contributed by atoms with Gasteiger partial charge in [0.2, 0.25) is 0 Å². The highest BCUT2D eigenvalue weighted by molar-refractivity contribution is 6.13. The molecule has 1 unspecified atom stereocenters. The van der Waals surface area contributed by atoms with Crippen molar-refractivity contribution in [3.05, 3.63) is 0 Å². The van der Waals surface area contributed by atoms with Crippen LogP contribution >= 0.6 is 0 Å². The number of rotatable bonds is 5. The van der Waals surface area contributed by atoms with Gasteiger partial charge in [0.25, 0.3) is 0 Å². The van der Waals surface area contributed by atoms with Crippen molar-refractivity contribution in [3.63, 3.8) is 0 Å². The topological polar surface area (TPSA) is 68.2 Å². The Morgan fingerprint density at radius 3 is 2.21 bits per heavy atom. The van der Waals surface area contributed by atoms with Gasteiger partial charge >= 0.3 is 6.09 Å². The number of carbonyl (C=O) groups is 1. The SMILES string of the molecule is COC([SiH3])(OC)C(C)ON(C)C(=O)O. The number of ether oxygens (including phenoxy) is 2. The first-order valence-electron chi connectivity index (χ1n) is 4.11. The second-order valence-corrected chi connectivity index (χ2v) is 4.35. The van der Waals surface area contributed by atoms with Crippen molar-refractivity contribution >= 4 is 16.3 Å².